The maximum absolute atomic E-state index is 11.7. The van der Waals surface area contributed by atoms with Crippen LogP contribution in [0.25, 0.3) is 10.2 Å². The minimum Gasteiger partial charge on any atom is -0.492 e. The molecule has 2 aromatic rings. The molecule has 1 aliphatic rings. The van der Waals surface area contributed by atoms with Crippen molar-refractivity contribution in [1.29, 1.82) is 0 Å². The molecular formula is C15H19N3O2S. The lowest BCUT2D eigenvalue weighted by atomic mass is 10.1. The van der Waals surface area contributed by atoms with Gasteiger partial charge in [-0.1, -0.05) is 17.4 Å². The zero-order valence-electron chi connectivity index (χ0n) is 12.3. The Hall–Kier alpha value is -1.82. The molecule has 0 spiro atoms. The highest BCUT2D eigenvalue weighted by Crippen LogP contribution is 2.36. The number of hydrogen-bond acceptors (Lipinski definition) is 5. The molecule has 1 aromatic carbocycles. The Balaban J connectivity index is 1.85. The summed E-state index contributed by atoms with van der Waals surface area (Å²) in [5.41, 5.74) is 0.919. The molecule has 5 nitrogen and oxygen atoms in total. The van der Waals surface area contributed by atoms with Crippen LogP contribution in [-0.4, -0.2) is 37.6 Å². The largest absolute Gasteiger partial charge is 0.492 e. The number of fused-ring (bicyclic) bond motifs is 1. The molecule has 1 unspecified atom stereocenters. The first-order valence-corrected chi connectivity index (χ1v) is 8.03. The van der Waals surface area contributed by atoms with Crippen LogP contribution in [0.3, 0.4) is 0 Å². The summed E-state index contributed by atoms with van der Waals surface area (Å²) < 4.78 is 6.76. The number of thiazole rings is 1. The fourth-order valence-corrected chi connectivity index (χ4v) is 3.69. The van der Waals surface area contributed by atoms with Gasteiger partial charge in [-0.05, 0) is 25.5 Å². The molecule has 0 bridgehead atoms. The lowest BCUT2D eigenvalue weighted by Gasteiger charge is -2.14. The quantitative estimate of drug-likeness (QED) is 0.941. The van der Waals surface area contributed by atoms with Crippen LogP contribution in [0.2, 0.25) is 0 Å². The van der Waals surface area contributed by atoms with Crippen molar-refractivity contribution in [2.75, 3.05) is 31.6 Å². The van der Waals surface area contributed by atoms with E-state index in [0.717, 1.165) is 40.6 Å². The molecule has 1 fully saturated rings. The molecule has 1 N–H and O–H groups in total. The third-order valence-electron chi connectivity index (χ3n) is 3.75. The van der Waals surface area contributed by atoms with E-state index in [1.807, 2.05) is 19.1 Å². The van der Waals surface area contributed by atoms with Crippen LogP contribution in [0.15, 0.2) is 18.2 Å². The zero-order valence-corrected chi connectivity index (χ0v) is 13.1. The van der Waals surface area contributed by atoms with Gasteiger partial charge in [0.15, 0.2) is 5.13 Å². The first-order chi connectivity index (χ1) is 10.2. The maximum atomic E-state index is 11.7. The number of rotatable bonds is 4. The first-order valence-electron chi connectivity index (χ1n) is 7.21. The standard InChI is InChI=1S/C15H19N3O2S/c1-3-20-11-5-4-6-12-13(11)17-15(21-12)18-8-7-10(9-18)14(19)16-2/h4-6,10H,3,7-9H2,1-2H3,(H,16,19). The highest BCUT2D eigenvalue weighted by atomic mass is 32.1. The summed E-state index contributed by atoms with van der Waals surface area (Å²) in [6.45, 7) is 4.22. The molecule has 6 heteroatoms. The minimum absolute atomic E-state index is 0.0633. The van der Waals surface area contributed by atoms with Crippen molar-refractivity contribution in [1.82, 2.24) is 10.3 Å². The van der Waals surface area contributed by atoms with Gasteiger partial charge in [-0.25, -0.2) is 4.98 Å². The van der Waals surface area contributed by atoms with Gasteiger partial charge < -0.3 is 15.0 Å². The number of amides is 1. The normalized spacial score (nSPS) is 18.2. The van der Waals surface area contributed by atoms with E-state index < -0.39 is 0 Å². The van der Waals surface area contributed by atoms with Crippen molar-refractivity contribution < 1.29 is 9.53 Å². The number of carbonyl (C=O) groups is 1. The van der Waals surface area contributed by atoms with E-state index >= 15 is 0 Å². The van der Waals surface area contributed by atoms with Gasteiger partial charge in [0.25, 0.3) is 0 Å². The average Bonchev–Trinajstić information content (AvgIpc) is 3.13. The van der Waals surface area contributed by atoms with Crippen molar-refractivity contribution in [2.24, 2.45) is 5.92 Å². The fraction of sp³-hybridized carbons (Fsp3) is 0.467. The maximum Gasteiger partial charge on any atom is 0.224 e. The molecule has 1 saturated heterocycles. The fourth-order valence-electron chi connectivity index (χ4n) is 2.67. The molecule has 0 aliphatic carbocycles. The summed E-state index contributed by atoms with van der Waals surface area (Å²) >= 11 is 1.66. The molecule has 1 amide bonds. The number of para-hydroxylation sites is 1. The number of carbonyl (C=O) groups excluding carboxylic acids is 1. The van der Waals surface area contributed by atoms with Crippen LogP contribution >= 0.6 is 11.3 Å². The van der Waals surface area contributed by atoms with E-state index in [4.69, 9.17) is 9.72 Å². The van der Waals surface area contributed by atoms with Crippen LogP contribution < -0.4 is 15.0 Å². The summed E-state index contributed by atoms with van der Waals surface area (Å²) in [7, 11) is 1.69. The lowest BCUT2D eigenvalue weighted by molar-refractivity contribution is -0.123. The van der Waals surface area contributed by atoms with Crippen molar-refractivity contribution in [3.8, 4) is 5.75 Å². The predicted octanol–water partition coefficient (Wildman–Crippen LogP) is 2.27. The van der Waals surface area contributed by atoms with E-state index in [2.05, 4.69) is 16.3 Å². The van der Waals surface area contributed by atoms with Crippen molar-refractivity contribution >= 4 is 32.6 Å². The second-order valence-corrected chi connectivity index (χ2v) is 6.09. The number of benzene rings is 1. The van der Waals surface area contributed by atoms with Gasteiger partial charge in [0, 0.05) is 20.1 Å². The zero-order chi connectivity index (χ0) is 14.8. The van der Waals surface area contributed by atoms with E-state index in [-0.39, 0.29) is 11.8 Å². The molecule has 112 valence electrons. The highest BCUT2D eigenvalue weighted by molar-refractivity contribution is 7.22. The number of nitrogens with zero attached hydrogens (tertiary/aromatic N) is 2. The number of ether oxygens (including phenoxy) is 1. The molecule has 3 rings (SSSR count). The summed E-state index contributed by atoms with van der Waals surface area (Å²) in [5, 5.41) is 3.70. The van der Waals surface area contributed by atoms with Gasteiger partial charge in [-0.3, -0.25) is 4.79 Å². The van der Waals surface area contributed by atoms with E-state index in [9.17, 15) is 4.79 Å². The molecule has 2 heterocycles. The molecule has 21 heavy (non-hydrogen) atoms. The van der Waals surface area contributed by atoms with Gasteiger partial charge in [0.2, 0.25) is 5.91 Å². The molecule has 0 saturated carbocycles. The summed E-state index contributed by atoms with van der Waals surface area (Å²) in [6.07, 6.45) is 0.883. The minimum atomic E-state index is 0.0633. The third-order valence-corrected chi connectivity index (χ3v) is 4.83. The number of hydrogen-bond donors (Lipinski definition) is 1. The summed E-state index contributed by atoms with van der Waals surface area (Å²) in [6, 6.07) is 6.00. The van der Waals surface area contributed by atoms with E-state index in [0.29, 0.717) is 6.61 Å². The molecular weight excluding hydrogens is 286 g/mol. The van der Waals surface area contributed by atoms with Gasteiger partial charge in [-0.15, -0.1) is 0 Å². The van der Waals surface area contributed by atoms with Crippen LogP contribution in [0.5, 0.6) is 5.75 Å². The number of aromatic nitrogens is 1. The average molecular weight is 305 g/mol. The van der Waals surface area contributed by atoms with Crippen LogP contribution in [-0.2, 0) is 4.79 Å². The Morgan fingerprint density at radius 3 is 3.19 bits per heavy atom. The second-order valence-electron chi connectivity index (χ2n) is 5.08. The molecule has 1 atom stereocenters. The summed E-state index contributed by atoms with van der Waals surface area (Å²) in [5.74, 6) is 1.02. The first kappa shape index (κ1) is 14.1. The number of anilines is 1. The van der Waals surface area contributed by atoms with Crippen LogP contribution in [0.4, 0.5) is 5.13 Å². The van der Waals surface area contributed by atoms with Crippen LogP contribution in [0.1, 0.15) is 13.3 Å². The van der Waals surface area contributed by atoms with Crippen molar-refractivity contribution in [3.05, 3.63) is 18.2 Å². The van der Waals surface area contributed by atoms with Crippen molar-refractivity contribution in [2.45, 2.75) is 13.3 Å². The van der Waals surface area contributed by atoms with E-state index in [1.165, 1.54) is 0 Å². The lowest BCUT2D eigenvalue weighted by Crippen LogP contribution is -2.30. The molecule has 1 aliphatic heterocycles. The molecule has 0 radical (unpaired) electrons. The second kappa shape index (κ2) is 5.89. The summed E-state index contributed by atoms with van der Waals surface area (Å²) in [4.78, 5) is 18.6. The SMILES string of the molecule is CCOc1cccc2sc(N3CCC(C(=O)NC)C3)nc12. The Morgan fingerprint density at radius 1 is 1.57 bits per heavy atom. The van der Waals surface area contributed by atoms with Crippen molar-refractivity contribution in [3.63, 3.8) is 0 Å². The van der Waals surface area contributed by atoms with Gasteiger partial charge in [0.1, 0.15) is 11.3 Å². The Kier molecular flexibility index (Phi) is 3.96. The Bertz CT molecular complexity index is 655. The highest BCUT2D eigenvalue weighted by Gasteiger charge is 2.29. The number of nitrogens with one attached hydrogen (secondary N) is 1. The predicted molar refractivity (Wildman–Crippen MR) is 85.2 cm³/mol. The Labute approximate surface area is 127 Å². The van der Waals surface area contributed by atoms with Gasteiger partial charge in [-0.2, -0.15) is 0 Å². The third kappa shape index (κ3) is 2.68. The van der Waals surface area contributed by atoms with Crippen LogP contribution in [0, 0.1) is 5.92 Å². The monoisotopic (exact) mass is 305 g/mol. The molecule has 1 aromatic heterocycles. The van der Waals surface area contributed by atoms with E-state index in [1.54, 1.807) is 18.4 Å². The topological polar surface area (TPSA) is 54.5 Å². The van der Waals surface area contributed by atoms with Gasteiger partial charge >= 0.3 is 0 Å². The Morgan fingerprint density at radius 2 is 2.43 bits per heavy atom. The van der Waals surface area contributed by atoms with Gasteiger partial charge in [0.05, 0.1) is 17.2 Å². The smallest absolute Gasteiger partial charge is 0.224 e.